The molecule has 0 saturated carbocycles. The molecule has 4 nitrogen and oxygen atoms in total. The Balaban J connectivity index is 4.08. The third-order valence-corrected chi connectivity index (χ3v) is 2.79. The van der Waals surface area contributed by atoms with E-state index in [9.17, 15) is 4.79 Å². The summed E-state index contributed by atoms with van der Waals surface area (Å²) in [5.74, 6) is 0.256. The van der Waals surface area contributed by atoms with Crippen LogP contribution in [0.25, 0.3) is 0 Å². The molecule has 18 heavy (non-hydrogen) atoms. The SMILES string of the molecule is CCCC(CCC)C(=O)NCC(OCC)OCC. The van der Waals surface area contributed by atoms with E-state index in [-0.39, 0.29) is 18.1 Å². The number of ether oxygens (including phenoxy) is 2. The third kappa shape index (κ3) is 7.67. The van der Waals surface area contributed by atoms with Crippen LogP contribution in [0, 0.1) is 5.92 Å². The van der Waals surface area contributed by atoms with Crippen LogP contribution in [0.15, 0.2) is 0 Å². The standard InChI is InChI=1S/C14H29NO3/c1-5-9-12(10-6-2)14(16)15-11-13(17-7-3)18-8-4/h12-13H,5-11H2,1-4H3,(H,15,16). The van der Waals surface area contributed by atoms with Gasteiger partial charge in [-0.1, -0.05) is 26.7 Å². The Bertz CT molecular complexity index is 197. The summed E-state index contributed by atoms with van der Waals surface area (Å²) in [5.41, 5.74) is 0. The maximum atomic E-state index is 12.0. The van der Waals surface area contributed by atoms with Crippen molar-refractivity contribution in [3.05, 3.63) is 0 Å². The fourth-order valence-corrected chi connectivity index (χ4v) is 1.97. The molecular weight excluding hydrogens is 230 g/mol. The first-order valence-electron chi connectivity index (χ1n) is 7.20. The van der Waals surface area contributed by atoms with E-state index < -0.39 is 0 Å². The van der Waals surface area contributed by atoms with E-state index >= 15 is 0 Å². The van der Waals surface area contributed by atoms with Gasteiger partial charge in [-0.3, -0.25) is 4.79 Å². The van der Waals surface area contributed by atoms with E-state index in [2.05, 4.69) is 19.2 Å². The highest BCUT2D eigenvalue weighted by Gasteiger charge is 2.18. The summed E-state index contributed by atoms with van der Waals surface area (Å²) in [6, 6.07) is 0. The fraction of sp³-hybridized carbons (Fsp3) is 0.929. The minimum Gasteiger partial charge on any atom is -0.351 e. The second-order valence-corrected chi connectivity index (χ2v) is 4.36. The minimum absolute atomic E-state index is 0.128. The van der Waals surface area contributed by atoms with Gasteiger partial charge in [0.05, 0.1) is 6.54 Å². The molecular formula is C14H29NO3. The van der Waals surface area contributed by atoms with Crippen molar-refractivity contribution in [2.24, 2.45) is 5.92 Å². The van der Waals surface area contributed by atoms with Crippen molar-refractivity contribution in [2.45, 2.75) is 59.7 Å². The van der Waals surface area contributed by atoms with Crippen molar-refractivity contribution in [1.82, 2.24) is 5.32 Å². The number of nitrogens with one attached hydrogen (secondary N) is 1. The topological polar surface area (TPSA) is 47.6 Å². The third-order valence-electron chi connectivity index (χ3n) is 2.79. The van der Waals surface area contributed by atoms with E-state index in [1.807, 2.05) is 13.8 Å². The van der Waals surface area contributed by atoms with Gasteiger partial charge in [-0.2, -0.15) is 0 Å². The Kier molecular flexibility index (Phi) is 11.1. The van der Waals surface area contributed by atoms with Crippen molar-refractivity contribution in [1.29, 1.82) is 0 Å². The predicted octanol–water partition coefficient (Wildman–Crippen LogP) is 2.72. The Morgan fingerprint density at radius 3 is 1.89 bits per heavy atom. The molecule has 1 amide bonds. The molecule has 0 aliphatic carbocycles. The molecule has 0 heterocycles. The van der Waals surface area contributed by atoms with Crippen molar-refractivity contribution >= 4 is 5.91 Å². The van der Waals surface area contributed by atoms with Gasteiger partial charge in [-0.15, -0.1) is 0 Å². The zero-order valence-corrected chi connectivity index (χ0v) is 12.3. The van der Waals surface area contributed by atoms with Crippen molar-refractivity contribution < 1.29 is 14.3 Å². The van der Waals surface area contributed by atoms with Crippen LogP contribution in [0.3, 0.4) is 0 Å². The Hall–Kier alpha value is -0.610. The molecule has 0 aliphatic heterocycles. The summed E-state index contributed by atoms with van der Waals surface area (Å²) in [5, 5.41) is 2.93. The molecule has 0 aromatic rings. The summed E-state index contributed by atoms with van der Waals surface area (Å²) in [7, 11) is 0. The van der Waals surface area contributed by atoms with Crippen LogP contribution in [0.1, 0.15) is 53.4 Å². The smallest absolute Gasteiger partial charge is 0.223 e. The van der Waals surface area contributed by atoms with Gasteiger partial charge in [-0.25, -0.2) is 0 Å². The van der Waals surface area contributed by atoms with E-state index in [1.54, 1.807) is 0 Å². The quantitative estimate of drug-likeness (QED) is 0.580. The molecule has 0 radical (unpaired) electrons. The lowest BCUT2D eigenvalue weighted by atomic mass is 9.97. The molecule has 0 spiro atoms. The second kappa shape index (κ2) is 11.5. The largest absolute Gasteiger partial charge is 0.351 e. The summed E-state index contributed by atoms with van der Waals surface area (Å²) >= 11 is 0. The molecule has 0 rings (SSSR count). The zero-order chi connectivity index (χ0) is 13.8. The van der Waals surface area contributed by atoms with Gasteiger partial charge in [0.15, 0.2) is 6.29 Å². The monoisotopic (exact) mass is 259 g/mol. The lowest BCUT2D eigenvalue weighted by molar-refractivity contribution is -0.142. The molecule has 0 aliphatic rings. The van der Waals surface area contributed by atoms with Crippen molar-refractivity contribution in [2.75, 3.05) is 19.8 Å². The molecule has 0 bridgehead atoms. The summed E-state index contributed by atoms with van der Waals surface area (Å²) in [6.45, 7) is 9.68. The maximum Gasteiger partial charge on any atom is 0.223 e. The lowest BCUT2D eigenvalue weighted by Gasteiger charge is -2.20. The van der Waals surface area contributed by atoms with Gasteiger partial charge < -0.3 is 14.8 Å². The van der Waals surface area contributed by atoms with Gasteiger partial charge in [0, 0.05) is 19.1 Å². The van der Waals surface area contributed by atoms with Crippen LogP contribution >= 0.6 is 0 Å². The molecule has 0 saturated heterocycles. The lowest BCUT2D eigenvalue weighted by Crippen LogP contribution is -2.38. The maximum absolute atomic E-state index is 12.0. The zero-order valence-electron chi connectivity index (χ0n) is 12.3. The number of rotatable bonds is 11. The average Bonchev–Trinajstić information content (AvgIpc) is 2.36. The molecule has 0 aromatic carbocycles. The molecule has 108 valence electrons. The highest BCUT2D eigenvalue weighted by molar-refractivity contribution is 5.78. The van der Waals surface area contributed by atoms with Gasteiger partial charge in [0.1, 0.15) is 0 Å². The Morgan fingerprint density at radius 2 is 1.50 bits per heavy atom. The Labute approximate surface area is 111 Å². The number of carbonyl (C=O) groups excluding carboxylic acids is 1. The number of hydrogen-bond acceptors (Lipinski definition) is 3. The highest BCUT2D eigenvalue weighted by Crippen LogP contribution is 2.13. The second-order valence-electron chi connectivity index (χ2n) is 4.36. The highest BCUT2D eigenvalue weighted by atomic mass is 16.7. The fourth-order valence-electron chi connectivity index (χ4n) is 1.97. The van der Waals surface area contributed by atoms with Crippen LogP contribution in [0.5, 0.6) is 0 Å². The molecule has 4 heteroatoms. The van der Waals surface area contributed by atoms with Crippen LogP contribution in [0.4, 0.5) is 0 Å². The summed E-state index contributed by atoms with van der Waals surface area (Å²) < 4.78 is 10.8. The van der Waals surface area contributed by atoms with E-state index in [1.165, 1.54) is 0 Å². The number of amides is 1. The number of carbonyl (C=O) groups is 1. The van der Waals surface area contributed by atoms with Crippen LogP contribution < -0.4 is 5.32 Å². The van der Waals surface area contributed by atoms with E-state index in [0.29, 0.717) is 19.8 Å². The molecule has 1 N–H and O–H groups in total. The molecule has 0 unspecified atom stereocenters. The predicted molar refractivity (Wildman–Crippen MR) is 73.4 cm³/mol. The first-order valence-corrected chi connectivity index (χ1v) is 7.20. The minimum atomic E-state index is -0.326. The van der Waals surface area contributed by atoms with E-state index in [0.717, 1.165) is 25.7 Å². The van der Waals surface area contributed by atoms with Gasteiger partial charge in [0.2, 0.25) is 5.91 Å². The van der Waals surface area contributed by atoms with Crippen molar-refractivity contribution in [3.63, 3.8) is 0 Å². The average molecular weight is 259 g/mol. The number of hydrogen-bond donors (Lipinski definition) is 1. The van der Waals surface area contributed by atoms with Gasteiger partial charge in [0.25, 0.3) is 0 Å². The van der Waals surface area contributed by atoms with E-state index in [4.69, 9.17) is 9.47 Å². The molecule has 0 fully saturated rings. The molecule has 0 atom stereocenters. The van der Waals surface area contributed by atoms with Gasteiger partial charge in [-0.05, 0) is 26.7 Å². The first-order chi connectivity index (χ1) is 8.69. The summed E-state index contributed by atoms with van der Waals surface area (Å²) in [6.07, 6.45) is 3.66. The molecule has 0 aromatic heterocycles. The van der Waals surface area contributed by atoms with Crippen LogP contribution in [0.2, 0.25) is 0 Å². The Morgan fingerprint density at radius 1 is 1.00 bits per heavy atom. The van der Waals surface area contributed by atoms with Crippen molar-refractivity contribution in [3.8, 4) is 0 Å². The van der Waals surface area contributed by atoms with Crippen LogP contribution in [-0.4, -0.2) is 32.0 Å². The summed E-state index contributed by atoms with van der Waals surface area (Å²) in [4.78, 5) is 12.0. The first kappa shape index (κ1) is 17.4. The normalized spacial score (nSPS) is 11.2. The van der Waals surface area contributed by atoms with Crippen LogP contribution in [-0.2, 0) is 14.3 Å². The van der Waals surface area contributed by atoms with Gasteiger partial charge >= 0.3 is 0 Å².